The van der Waals surface area contributed by atoms with Gasteiger partial charge in [-0.15, -0.1) is 0 Å². The third kappa shape index (κ3) is 3.26. The third-order valence-corrected chi connectivity index (χ3v) is 3.94. The van der Waals surface area contributed by atoms with E-state index in [4.69, 9.17) is 5.73 Å². The lowest BCUT2D eigenvalue weighted by atomic mass is 9.83. The van der Waals surface area contributed by atoms with E-state index in [9.17, 15) is 4.79 Å². The maximum atomic E-state index is 12.4. The van der Waals surface area contributed by atoms with Crippen LogP contribution in [0.4, 0.5) is 5.69 Å². The summed E-state index contributed by atoms with van der Waals surface area (Å²) in [6.45, 7) is 6.09. The van der Waals surface area contributed by atoms with Crippen LogP contribution >= 0.6 is 0 Å². The fourth-order valence-electron chi connectivity index (χ4n) is 2.66. The summed E-state index contributed by atoms with van der Waals surface area (Å²) in [5, 5.41) is 3.11. The minimum atomic E-state index is -0.184. The van der Waals surface area contributed by atoms with Crippen LogP contribution in [-0.2, 0) is 0 Å². The molecule has 2 rings (SSSR count). The van der Waals surface area contributed by atoms with Crippen molar-refractivity contribution in [3.05, 3.63) is 17.7 Å². The second-order valence-electron chi connectivity index (χ2n) is 6.26. The van der Waals surface area contributed by atoms with E-state index in [1.54, 1.807) is 0 Å². The number of nitrogens with one attached hydrogen (secondary N) is 1. The summed E-state index contributed by atoms with van der Waals surface area (Å²) < 4.78 is 0. The molecule has 1 aliphatic rings. The molecule has 5 nitrogen and oxygen atoms in total. The monoisotopic (exact) mass is 276 g/mol. The van der Waals surface area contributed by atoms with Crippen LogP contribution in [0.25, 0.3) is 0 Å². The van der Waals surface area contributed by atoms with Gasteiger partial charge in [-0.3, -0.25) is 4.79 Å². The Bertz CT molecular complexity index is 493. The highest BCUT2D eigenvalue weighted by Gasteiger charge is 2.29. The lowest BCUT2D eigenvalue weighted by molar-refractivity contribution is 0.0878. The molecule has 1 heterocycles. The Hall–Kier alpha value is -1.65. The molecule has 0 aliphatic heterocycles. The third-order valence-electron chi connectivity index (χ3n) is 3.94. The van der Waals surface area contributed by atoms with Crippen molar-refractivity contribution in [3.8, 4) is 0 Å². The van der Waals surface area contributed by atoms with Gasteiger partial charge in [0.1, 0.15) is 5.82 Å². The van der Waals surface area contributed by atoms with Gasteiger partial charge in [0.2, 0.25) is 0 Å². The van der Waals surface area contributed by atoms with E-state index in [0.717, 1.165) is 25.7 Å². The molecular formula is C15H24N4O. The van der Waals surface area contributed by atoms with Gasteiger partial charge < -0.3 is 11.1 Å². The zero-order valence-electron chi connectivity index (χ0n) is 12.6. The van der Waals surface area contributed by atoms with Crippen LogP contribution < -0.4 is 11.1 Å². The number of nitrogens with zero attached hydrogens (tertiary/aromatic N) is 2. The zero-order chi connectivity index (χ0) is 14.8. The van der Waals surface area contributed by atoms with Crippen LogP contribution in [0.15, 0.2) is 6.20 Å². The fourth-order valence-corrected chi connectivity index (χ4v) is 2.66. The minimum Gasteiger partial charge on any atom is -0.396 e. The van der Waals surface area contributed by atoms with E-state index in [1.807, 2.05) is 13.8 Å². The quantitative estimate of drug-likeness (QED) is 0.889. The van der Waals surface area contributed by atoms with E-state index >= 15 is 0 Å². The zero-order valence-corrected chi connectivity index (χ0v) is 12.6. The van der Waals surface area contributed by atoms with E-state index < -0.39 is 0 Å². The molecule has 0 bridgehead atoms. The Labute approximate surface area is 120 Å². The van der Waals surface area contributed by atoms with E-state index in [-0.39, 0.29) is 17.4 Å². The SMILES string of the molecule is CC(C)c1ncc(N)c(C(=O)NC2(C)CCCCC2)n1. The van der Waals surface area contributed by atoms with Crippen molar-refractivity contribution in [2.45, 2.75) is 64.3 Å². The average molecular weight is 276 g/mol. The number of amides is 1. The Morgan fingerprint density at radius 3 is 2.60 bits per heavy atom. The molecule has 0 unspecified atom stereocenters. The van der Waals surface area contributed by atoms with Gasteiger partial charge in [-0.25, -0.2) is 9.97 Å². The molecule has 1 aliphatic carbocycles. The number of nitrogens with two attached hydrogens (primary N) is 1. The number of hydrogen-bond acceptors (Lipinski definition) is 4. The first-order chi connectivity index (χ1) is 9.41. The van der Waals surface area contributed by atoms with Gasteiger partial charge in [0, 0.05) is 11.5 Å². The summed E-state index contributed by atoms with van der Waals surface area (Å²) in [5.74, 6) is 0.641. The highest BCUT2D eigenvalue weighted by molar-refractivity contribution is 5.97. The predicted molar refractivity (Wildman–Crippen MR) is 79.5 cm³/mol. The Kier molecular flexibility index (Phi) is 4.26. The van der Waals surface area contributed by atoms with Gasteiger partial charge in [-0.1, -0.05) is 33.1 Å². The topological polar surface area (TPSA) is 80.9 Å². The second kappa shape index (κ2) is 5.77. The van der Waals surface area contributed by atoms with E-state index in [2.05, 4.69) is 22.2 Å². The summed E-state index contributed by atoms with van der Waals surface area (Å²) in [4.78, 5) is 20.9. The van der Waals surface area contributed by atoms with Crippen molar-refractivity contribution in [3.63, 3.8) is 0 Å². The number of anilines is 1. The average Bonchev–Trinajstić information content (AvgIpc) is 2.39. The van der Waals surface area contributed by atoms with Crippen molar-refractivity contribution < 1.29 is 4.79 Å². The van der Waals surface area contributed by atoms with Gasteiger partial charge in [-0.05, 0) is 19.8 Å². The molecule has 0 saturated heterocycles. The summed E-state index contributed by atoms with van der Waals surface area (Å²) >= 11 is 0. The van der Waals surface area contributed by atoms with Crippen LogP contribution in [0, 0.1) is 0 Å². The van der Waals surface area contributed by atoms with Crippen molar-refractivity contribution in [2.75, 3.05) is 5.73 Å². The summed E-state index contributed by atoms with van der Waals surface area (Å²) in [7, 11) is 0. The number of carbonyl (C=O) groups excluding carboxylic acids is 1. The summed E-state index contributed by atoms with van der Waals surface area (Å²) in [5.41, 5.74) is 6.36. The number of hydrogen-bond donors (Lipinski definition) is 2. The van der Waals surface area contributed by atoms with Gasteiger partial charge in [-0.2, -0.15) is 0 Å². The molecule has 0 spiro atoms. The molecule has 0 aromatic carbocycles. The Balaban J connectivity index is 2.18. The first kappa shape index (κ1) is 14.8. The minimum absolute atomic E-state index is 0.134. The molecule has 0 atom stereocenters. The Morgan fingerprint density at radius 1 is 1.35 bits per heavy atom. The first-order valence-electron chi connectivity index (χ1n) is 7.36. The van der Waals surface area contributed by atoms with Gasteiger partial charge in [0.15, 0.2) is 5.69 Å². The first-order valence-corrected chi connectivity index (χ1v) is 7.36. The van der Waals surface area contributed by atoms with Gasteiger partial charge in [0.25, 0.3) is 5.91 Å². The molecule has 1 amide bonds. The highest BCUT2D eigenvalue weighted by Crippen LogP contribution is 2.28. The maximum Gasteiger partial charge on any atom is 0.272 e. The fraction of sp³-hybridized carbons (Fsp3) is 0.667. The Morgan fingerprint density at radius 2 is 2.00 bits per heavy atom. The molecule has 1 aromatic rings. The molecule has 5 heteroatoms. The smallest absolute Gasteiger partial charge is 0.272 e. The van der Waals surface area contributed by atoms with Crippen LogP contribution in [0.3, 0.4) is 0 Å². The van der Waals surface area contributed by atoms with Crippen LogP contribution in [0.5, 0.6) is 0 Å². The maximum absolute atomic E-state index is 12.4. The summed E-state index contributed by atoms with van der Waals surface area (Å²) in [6, 6.07) is 0. The molecule has 1 fully saturated rings. The lowest BCUT2D eigenvalue weighted by Gasteiger charge is -2.34. The molecular weight excluding hydrogens is 252 g/mol. The molecule has 1 saturated carbocycles. The van der Waals surface area contributed by atoms with Crippen molar-refractivity contribution >= 4 is 11.6 Å². The highest BCUT2D eigenvalue weighted by atomic mass is 16.2. The molecule has 110 valence electrons. The van der Waals surface area contributed by atoms with Crippen LogP contribution in [-0.4, -0.2) is 21.4 Å². The van der Waals surface area contributed by atoms with E-state index in [0.29, 0.717) is 17.2 Å². The number of rotatable bonds is 3. The summed E-state index contributed by atoms with van der Waals surface area (Å²) in [6.07, 6.45) is 7.13. The standard InChI is InChI=1S/C15H24N4O/c1-10(2)13-17-9-11(16)12(18-13)14(20)19-15(3)7-5-4-6-8-15/h9-10H,4-8,16H2,1-3H3,(H,19,20). The van der Waals surface area contributed by atoms with Gasteiger partial charge in [0.05, 0.1) is 11.9 Å². The molecule has 1 aromatic heterocycles. The largest absolute Gasteiger partial charge is 0.396 e. The van der Waals surface area contributed by atoms with Crippen LogP contribution in [0.1, 0.15) is 75.1 Å². The molecule has 20 heavy (non-hydrogen) atoms. The van der Waals surface area contributed by atoms with Gasteiger partial charge >= 0.3 is 0 Å². The normalized spacial score (nSPS) is 18.0. The predicted octanol–water partition coefficient (Wildman–Crippen LogP) is 2.63. The molecule has 0 radical (unpaired) electrons. The number of carbonyl (C=O) groups is 1. The number of nitrogen functional groups attached to an aromatic ring is 1. The van der Waals surface area contributed by atoms with Crippen molar-refractivity contribution in [1.29, 1.82) is 0 Å². The van der Waals surface area contributed by atoms with Crippen LogP contribution in [0.2, 0.25) is 0 Å². The van der Waals surface area contributed by atoms with Crippen molar-refractivity contribution in [1.82, 2.24) is 15.3 Å². The lowest BCUT2D eigenvalue weighted by Crippen LogP contribution is -2.47. The van der Waals surface area contributed by atoms with E-state index in [1.165, 1.54) is 12.6 Å². The number of aromatic nitrogens is 2. The molecule has 3 N–H and O–H groups in total. The van der Waals surface area contributed by atoms with Crippen molar-refractivity contribution in [2.24, 2.45) is 0 Å². The second-order valence-corrected chi connectivity index (χ2v) is 6.26.